The number of carboxylic acids is 3. The SMILES string of the molecule is Cc1cn(C(C)(C)C(=O)O)cn1.Cc1cncn1C(C)(C)C(=O)O.Cc1nccn1C(C)(C)C(=O)O. The number of hydrogen-bond acceptors (Lipinski definition) is 6. The summed E-state index contributed by atoms with van der Waals surface area (Å²) < 4.78 is 4.86. The minimum Gasteiger partial charge on any atom is -0.480 e. The highest BCUT2D eigenvalue weighted by Gasteiger charge is 2.31. The predicted octanol–water partition coefficient (Wildman–Crippen LogP) is 3.03. The Hall–Kier alpha value is -3.96. The number of aromatic nitrogens is 6. The number of carboxylic acid groups (broad SMARTS) is 3. The van der Waals surface area contributed by atoms with Gasteiger partial charge in [-0.05, 0) is 62.3 Å². The molecule has 3 N–H and O–H groups in total. The maximum Gasteiger partial charge on any atom is 0.329 e. The normalized spacial score (nSPS) is 11.6. The zero-order valence-corrected chi connectivity index (χ0v) is 22.2. The van der Waals surface area contributed by atoms with Gasteiger partial charge in [0.25, 0.3) is 0 Å². The van der Waals surface area contributed by atoms with Gasteiger partial charge >= 0.3 is 17.9 Å². The highest BCUT2D eigenvalue weighted by molar-refractivity contribution is 5.76. The third kappa shape index (κ3) is 6.80. The van der Waals surface area contributed by atoms with Crippen LogP contribution in [0, 0.1) is 20.8 Å². The third-order valence-corrected chi connectivity index (χ3v) is 5.78. The second kappa shape index (κ2) is 11.2. The van der Waals surface area contributed by atoms with Crippen LogP contribution >= 0.6 is 0 Å². The molecule has 0 bridgehead atoms. The summed E-state index contributed by atoms with van der Waals surface area (Å²) in [4.78, 5) is 44.2. The third-order valence-electron chi connectivity index (χ3n) is 5.78. The summed E-state index contributed by atoms with van der Waals surface area (Å²) in [6.07, 6.45) is 9.69. The Morgan fingerprint density at radius 1 is 0.750 bits per heavy atom. The fourth-order valence-corrected chi connectivity index (χ4v) is 2.96. The Morgan fingerprint density at radius 3 is 1.58 bits per heavy atom. The van der Waals surface area contributed by atoms with E-state index in [1.807, 2.05) is 13.8 Å². The predicted molar refractivity (Wildman–Crippen MR) is 132 cm³/mol. The van der Waals surface area contributed by atoms with Crippen LogP contribution < -0.4 is 0 Å². The van der Waals surface area contributed by atoms with E-state index in [2.05, 4.69) is 15.0 Å². The number of hydrogen-bond donors (Lipinski definition) is 3. The van der Waals surface area contributed by atoms with Crippen molar-refractivity contribution in [2.24, 2.45) is 0 Å². The Kier molecular flexibility index (Phi) is 9.34. The van der Waals surface area contributed by atoms with Crippen molar-refractivity contribution in [2.45, 2.75) is 78.9 Å². The molecule has 0 aliphatic carbocycles. The molecule has 12 nitrogen and oxygen atoms in total. The van der Waals surface area contributed by atoms with Gasteiger partial charge < -0.3 is 29.0 Å². The van der Waals surface area contributed by atoms with Crippen LogP contribution in [0.2, 0.25) is 0 Å². The monoisotopic (exact) mass is 504 g/mol. The number of rotatable bonds is 6. The van der Waals surface area contributed by atoms with E-state index in [9.17, 15) is 14.4 Å². The summed E-state index contributed by atoms with van der Waals surface area (Å²) in [5.74, 6) is -1.87. The molecule has 3 heterocycles. The van der Waals surface area contributed by atoms with Gasteiger partial charge in [-0.15, -0.1) is 0 Å². The molecular formula is C24H36N6O6. The topological polar surface area (TPSA) is 165 Å². The van der Waals surface area contributed by atoms with E-state index < -0.39 is 34.5 Å². The molecule has 36 heavy (non-hydrogen) atoms. The second-order valence-corrected chi connectivity index (χ2v) is 9.76. The Labute approximate surface area is 210 Å². The largest absolute Gasteiger partial charge is 0.480 e. The summed E-state index contributed by atoms with van der Waals surface area (Å²) in [6.45, 7) is 15.3. The van der Waals surface area contributed by atoms with Crippen molar-refractivity contribution in [2.75, 3.05) is 0 Å². The van der Waals surface area contributed by atoms with Crippen molar-refractivity contribution in [3.05, 3.63) is 54.7 Å². The molecular weight excluding hydrogens is 468 g/mol. The van der Waals surface area contributed by atoms with E-state index in [4.69, 9.17) is 15.3 Å². The lowest BCUT2D eigenvalue weighted by Gasteiger charge is -2.22. The van der Waals surface area contributed by atoms with Crippen LogP contribution in [-0.2, 0) is 31.0 Å². The number of nitrogens with zero attached hydrogens (tertiary/aromatic N) is 6. The number of aliphatic carboxylic acids is 3. The van der Waals surface area contributed by atoms with Crippen LogP contribution in [0.3, 0.4) is 0 Å². The lowest BCUT2D eigenvalue weighted by atomic mass is 10.1. The maximum atomic E-state index is 10.8. The Balaban J connectivity index is 0.000000270. The zero-order valence-electron chi connectivity index (χ0n) is 22.2. The highest BCUT2D eigenvalue weighted by atomic mass is 16.4. The Morgan fingerprint density at radius 2 is 1.25 bits per heavy atom. The van der Waals surface area contributed by atoms with Gasteiger partial charge in [0.2, 0.25) is 0 Å². The molecule has 0 atom stereocenters. The minimum absolute atomic E-state index is 0.711. The molecule has 0 saturated carbocycles. The number of aryl methyl sites for hydroxylation is 3. The van der Waals surface area contributed by atoms with Gasteiger partial charge in [-0.1, -0.05) is 0 Å². The molecule has 0 amide bonds. The van der Waals surface area contributed by atoms with Gasteiger partial charge in [-0.3, -0.25) is 0 Å². The number of imidazole rings is 3. The summed E-state index contributed by atoms with van der Waals surface area (Å²) in [7, 11) is 0. The van der Waals surface area contributed by atoms with Crippen molar-refractivity contribution in [1.82, 2.24) is 28.7 Å². The van der Waals surface area contributed by atoms with E-state index in [0.717, 1.165) is 11.4 Å². The summed E-state index contributed by atoms with van der Waals surface area (Å²) >= 11 is 0. The van der Waals surface area contributed by atoms with Crippen molar-refractivity contribution < 1.29 is 29.7 Å². The first-order valence-corrected chi connectivity index (χ1v) is 11.1. The molecule has 0 spiro atoms. The van der Waals surface area contributed by atoms with Gasteiger partial charge in [-0.25, -0.2) is 29.3 Å². The second-order valence-electron chi connectivity index (χ2n) is 9.76. The first kappa shape index (κ1) is 30.1. The smallest absolute Gasteiger partial charge is 0.329 e. The van der Waals surface area contributed by atoms with E-state index in [1.54, 1.807) is 87.0 Å². The van der Waals surface area contributed by atoms with Gasteiger partial charge in [-0.2, -0.15) is 0 Å². The molecule has 0 unspecified atom stereocenters. The summed E-state index contributed by atoms with van der Waals surface area (Å²) in [5, 5.41) is 26.6. The van der Waals surface area contributed by atoms with Crippen molar-refractivity contribution in [3.8, 4) is 0 Å². The van der Waals surface area contributed by atoms with Crippen molar-refractivity contribution in [3.63, 3.8) is 0 Å². The van der Waals surface area contributed by atoms with E-state index in [0.29, 0.717) is 5.82 Å². The average Bonchev–Trinajstić information content (AvgIpc) is 3.50. The summed E-state index contributed by atoms with van der Waals surface area (Å²) in [5.41, 5.74) is -1.07. The Bertz CT molecular complexity index is 1140. The van der Waals surface area contributed by atoms with Crippen molar-refractivity contribution >= 4 is 17.9 Å². The van der Waals surface area contributed by atoms with Gasteiger partial charge in [0, 0.05) is 30.5 Å². The highest BCUT2D eigenvalue weighted by Crippen LogP contribution is 2.18. The first-order chi connectivity index (χ1) is 16.4. The molecule has 12 heteroatoms. The minimum atomic E-state index is -0.916. The molecule has 3 rings (SSSR count). The lowest BCUT2D eigenvalue weighted by Crippen LogP contribution is -2.35. The van der Waals surface area contributed by atoms with Crippen LogP contribution in [0.5, 0.6) is 0 Å². The molecule has 3 aromatic heterocycles. The molecule has 3 aromatic rings. The fourth-order valence-electron chi connectivity index (χ4n) is 2.96. The molecule has 0 aliphatic rings. The standard InChI is InChI=1S/3C8H12N2O2/c1-6-4-10(5-9-6)8(2,3)7(11)12;1-6-4-9-5-10(6)8(2,3)7(11)12;1-6-9-4-5-10(6)8(2,3)7(11)12/h3*4-5H,1-3H3,(H,11,12). The van der Waals surface area contributed by atoms with Crippen LogP contribution in [0.1, 0.15) is 58.8 Å². The van der Waals surface area contributed by atoms with E-state index in [1.165, 1.54) is 12.7 Å². The molecule has 0 radical (unpaired) electrons. The van der Waals surface area contributed by atoms with Crippen molar-refractivity contribution in [1.29, 1.82) is 0 Å². The van der Waals surface area contributed by atoms with Gasteiger partial charge in [0.15, 0.2) is 0 Å². The fraction of sp³-hybridized carbons (Fsp3) is 0.500. The molecule has 0 aromatic carbocycles. The summed E-state index contributed by atoms with van der Waals surface area (Å²) in [6, 6.07) is 0. The van der Waals surface area contributed by atoms with Crippen LogP contribution in [-0.4, -0.2) is 61.9 Å². The molecule has 0 saturated heterocycles. The molecule has 198 valence electrons. The van der Waals surface area contributed by atoms with Gasteiger partial charge in [0.05, 0.1) is 18.3 Å². The maximum absolute atomic E-state index is 10.8. The average molecular weight is 505 g/mol. The van der Waals surface area contributed by atoms with E-state index in [-0.39, 0.29) is 0 Å². The van der Waals surface area contributed by atoms with Crippen LogP contribution in [0.25, 0.3) is 0 Å². The molecule has 0 aliphatic heterocycles. The van der Waals surface area contributed by atoms with Crippen LogP contribution in [0.4, 0.5) is 0 Å². The lowest BCUT2D eigenvalue weighted by molar-refractivity contribution is -0.146. The first-order valence-electron chi connectivity index (χ1n) is 11.1. The molecule has 0 fully saturated rings. The van der Waals surface area contributed by atoms with Gasteiger partial charge in [0.1, 0.15) is 22.4 Å². The quantitative estimate of drug-likeness (QED) is 0.457. The van der Waals surface area contributed by atoms with Crippen LogP contribution in [0.15, 0.2) is 37.4 Å². The van der Waals surface area contributed by atoms with E-state index >= 15 is 0 Å². The number of carbonyl (C=O) groups is 3. The zero-order chi connectivity index (χ0) is 28.1.